The first-order chi connectivity index (χ1) is 4.45. The van der Waals surface area contributed by atoms with Crippen LogP contribution in [0.2, 0.25) is 0 Å². The van der Waals surface area contributed by atoms with Gasteiger partial charge in [-0.25, -0.2) is 0 Å². The highest BCUT2D eigenvalue weighted by atomic mass is 16.2. The molecule has 2 N–H and O–H groups in total. The second-order valence-corrected chi connectivity index (χ2v) is 2.85. The van der Waals surface area contributed by atoms with Crippen molar-refractivity contribution in [2.24, 2.45) is 5.73 Å². The molecule has 56 valence electrons. The Balaban J connectivity index is 2.92. The lowest BCUT2D eigenvalue weighted by atomic mass is 10.0. The molecule has 0 spiro atoms. The average Bonchev–Trinajstić information content (AvgIpc) is 1.95. The molecule has 1 fully saturated rings. The number of hydrogen-bond donors (Lipinski definition) is 1. The second-order valence-electron chi connectivity index (χ2n) is 2.85. The van der Waals surface area contributed by atoms with Gasteiger partial charge in [-0.1, -0.05) is 0 Å². The Hall–Kier alpha value is -0.900. The molecule has 4 nitrogen and oxygen atoms in total. The summed E-state index contributed by atoms with van der Waals surface area (Å²) in [7, 11) is 1.45. The SMILES string of the molecule is CN1C(=O)C[C@](C)(N)C1=O. The van der Waals surface area contributed by atoms with Crippen molar-refractivity contribution >= 4 is 11.8 Å². The van der Waals surface area contributed by atoms with Crippen LogP contribution in [0.25, 0.3) is 0 Å². The lowest BCUT2D eigenvalue weighted by molar-refractivity contribution is -0.137. The van der Waals surface area contributed by atoms with Gasteiger partial charge in [0.1, 0.15) is 5.54 Å². The van der Waals surface area contributed by atoms with E-state index in [1.54, 1.807) is 6.92 Å². The molecule has 1 saturated heterocycles. The van der Waals surface area contributed by atoms with Gasteiger partial charge in [0.05, 0.1) is 6.42 Å². The van der Waals surface area contributed by atoms with Crippen LogP contribution in [0, 0.1) is 0 Å². The molecule has 0 bridgehead atoms. The number of imide groups is 1. The van der Waals surface area contributed by atoms with Crippen LogP contribution < -0.4 is 5.73 Å². The largest absolute Gasteiger partial charge is 0.317 e. The Bertz CT molecular complexity index is 198. The van der Waals surface area contributed by atoms with E-state index < -0.39 is 5.54 Å². The van der Waals surface area contributed by atoms with Gasteiger partial charge in [-0.2, -0.15) is 0 Å². The van der Waals surface area contributed by atoms with E-state index in [2.05, 4.69) is 0 Å². The zero-order valence-corrected chi connectivity index (χ0v) is 6.05. The maximum Gasteiger partial charge on any atom is 0.249 e. The number of rotatable bonds is 0. The molecule has 0 radical (unpaired) electrons. The van der Waals surface area contributed by atoms with E-state index in [1.165, 1.54) is 7.05 Å². The number of likely N-dealkylation sites (N-methyl/N-ethyl adjacent to an activating group) is 1. The van der Waals surface area contributed by atoms with E-state index in [0.29, 0.717) is 0 Å². The lowest BCUT2D eigenvalue weighted by Gasteiger charge is -2.12. The molecule has 2 amide bonds. The Morgan fingerprint density at radius 2 is 2.10 bits per heavy atom. The number of nitrogens with two attached hydrogens (primary N) is 1. The Kier molecular flexibility index (Phi) is 1.29. The van der Waals surface area contributed by atoms with Gasteiger partial charge < -0.3 is 5.73 Å². The smallest absolute Gasteiger partial charge is 0.249 e. The van der Waals surface area contributed by atoms with Crippen molar-refractivity contribution in [1.29, 1.82) is 0 Å². The maximum atomic E-state index is 11.0. The quantitative estimate of drug-likeness (QED) is 0.445. The molecule has 0 saturated carbocycles. The first-order valence-electron chi connectivity index (χ1n) is 3.05. The van der Waals surface area contributed by atoms with E-state index in [-0.39, 0.29) is 18.2 Å². The Morgan fingerprint density at radius 3 is 2.20 bits per heavy atom. The number of carbonyl (C=O) groups is 2. The fourth-order valence-corrected chi connectivity index (χ4v) is 1.00. The zero-order valence-electron chi connectivity index (χ0n) is 6.05. The molecule has 4 heteroatoms. The molecule has 1 heterocycles. The molecule has 0 aromatic rings. The van der Waals surface area contributed by atoms with Crippen molar-refractivity contribution in [2.45, 2.75) is 18.9 Å². The van der Waals surface area contributed by atoms with Crippen molar-refractivity contribution in [3.05, 3.63) is 0 Å². The van der Waals surface area contributed by atoms with Gasteiger partial charge in [-0.3, -0.25) is 14.5 Å². The number of nitrogens with zero attached hydrogens (tertiary/aromatic N) is 1. The molecule has 0 aliphatic carbocycles. The summed E-state index contributed by atoms with van der Waals surface area (Å²) >= 11 is 0. The third-order valence-corrected chi connectivity index (χ3v) is 1.69. The standard InChI is InChI=1S/C6H10N2O2/c1-6(7)3-4(9)8(2)5(6)10/h3,7H2,1-2H3/t6-/m0/s1. The van der Waals surface area contributed by atoms with Gasteiger partial charge >= 0.3 is 0 Å². The minimum absolute atomic E-state index is 0.127. The number of amides is 2. The van der Waals surface area contributed by atoms with E-state index in [9.17, 15) is 9.59 Å². The second kappa shape index (κ2) is 1.79. The van der Waals surface area contributed by atoms with E-state index in [0.717, 1.165) is 4.90 Å². The first-order valence-corrected chi connectivity index (χ1v) is 3.05. The first kappa shape index (κ1) is 7.21. The zero-order chi connectivity index (χ0) is 7.94. The molecule has 0 unspecified atom stereocenters. The van der Waals surface area contributed by atoms with Crippen molar-refractivity contribution in [3.8, 4) is 0 Å². The van der Waals surface area contributed by atoms with E-state index in [1.807, 2.05) is 0 Å². The predicted molar refractivity (Wildman–Crippen MR) is 35.0 cm³/mol. The van der Waals surface area contributed by atoms with Crippen LogP contribution in [0.4, 0.5) is 0 Å². The van der Waals surface area contributed by atoms with Crippen LogP contribution in [0.15, 0.2) is 0 Å². The van der Waals surface area contributed by atoms with Crippen LogP contribution in [0.3, 0.4) is 0 Å². The summed E-state index contributed by atoms with van der Waals surface area (Å²) in [6.45, 7) is 1.57. The van der Waals surface area contributed by atoms with Crippen molar-refractivity contribution in [3.63, 3.8) is 0 Å². The highest BCUT2D eigenvalue weighted by Crippen LogP contribution is 2.18. The highest BCUT2D eigenvalue weighted by molar-refractivity contribution is 6.07. The summed E-state index contributed by atoms with van der Waals surface area (Å²) in [5, 5.41) is 0. The van der Waals surface area contributed by atoms with Crippen molar-refractivity contribution in [2.75, 3.05) is 7.05 Å². The maximum absolute atomic E-state index is 11.0. The predicted octanol–water partition coefficient (Wildman–Crippen LogP) is -0.908. The molecule has 1 rings (SSSR count). The van der Waals surface area contributed by atoms with Crippen LogP contribution in [0.1, 0.15) is 13.3 Å². The minimum atomic E-state index is -0.966. The van der Waals surface area contributed by atoms with Crippen LogP contribution in [-0.4, -0.2) is 29.3 Å². The molecule has 10 heavy (non-hydrogen) atoms. The van der Waals surface area contributed by atoms with Crippen molar-refractivity contribution in [1.82, 2.24) is 4.90 Å². The summed E-state index contributed by atoms with van der Waals surface area (Å²) in [5.41, 5.74) is 4.52. The third kappa shape index (κ3) is 0.806. The third-order valence-electron chi connectivity index (χ3n) is 1.69. The highest BCUT2D eigenvalue weighted by Gasteiger charge is 2.43. The molecular formula is C6H10N2O2. The normalized spacial score (nSPS) is 33.7. The van der Waals surface area contributed by atoms with Crippen molar-refractivity contribution < 1.29 is 9.59 Å². The Labute approximate surface area is 59.0 Å². The van der Waals surface area contributed by atoms with Gasteiger partial charge in [-0.05, 0) is 6.92 Å². The van der Waals surface area contributed by atoms with E-state index in [4.69, 9.17) is 5.73 Å². The van der Waals surface area contributed by atoms with Gasteiger partial charge in [0.25, 0.3) is 0 Å². The number of carbonyl (C=O) groups excluding carboxylic acids is 2. The topological polar surface area (TPSA) is 63.4 Å². The fraction of sp³-hybridized carbons (Fsp3) is 0.667. The number of hydrogen-bond acceptors (Lipinski definition) is 3. The molecule has 0 aromatic carbocycles. The van der Waals surface area contributed by atoms with Crippen LogP contribution in [0.5, 0.6) is 0 Å². The minimum Gasteiger partial charge on any atom is -0.317 e. The molecular weight excluding hydrogens is 132 g/mol. The summed E-state index contributed by atoms with van der Waals surface area (Å²) in [6, 6.07) is 0. The average molecular weight is 142 g/mol. The van der Waals surface area contributed by atoms with E-state index >= 15 is 0 Å². The van der Waals surface area contributed by atoms with Gasteiger partial charge in [-0.15, -0.1) is 0 Å². The monoisotopic (exact) mass is 142 g/mol. The Morgan fingerprint density at radius 1 is 1.60 bits per heavy atom. The van der Waals surface area contributed by atoms with Gasteiger partial charge in [0.15, 0.2) is 0 Å². The molecule has 1 aliphatic rings. The van der Waals surface area contributed by atoms with Crippen LogP contribution in [-0.2, 0) is 9.59 Å². The van der Waals surface area contributed by atoms with Crippen LogP contribution >= 0.6 is 0 Å². The van der Waals surface area contributed by atoms with Gasteiger partial charge in [0.2, 0.25) is 11.8 Å². The summed E-state index contributed by atoms with van der Waals surface area (Å²) < 4.78 is 0. The number of likely N-dealkylation sites (tertiary alicyclic amines) is 1. The summed E-state index contributed by atoms with van der Waals surface area (Å²) in [5.74, 6) is -0.493. The molecule has 0 aromatic heterocycles. The lowest BCUT2D eigenvalue weighted by Crippen LogP contribution is -2.44. The summed E-state index contributed by atoms with van der Waals surface area (Å²) in [4.78, 5) is 22.9. The fourth-order valence-electron chi connectivity index (χ4n) is 1.00. The molecule has 1 atom stereocenters. The molecule has 1 aliphatic heterocycles. The summed E-state index contributed by atoms with van der Waals surface area (Å²) in [6.07, 6.45) is 0.127. The van der Waals surface area contributed by atoms with Gasteiger partial charge in [0, 0.05) is 7.05 Å².